The molecule has 2 N–H and O–H groups in total. The number of aromatic nitrogens is 3. The number of anilines is 2. The van der Waals surface area contributed by atoms with E-state index >= 15 is 0 Å². The second kappa shape index (κ2) is 6.16. The molecule has 0 radical (unpaired) electrons. The van der Waals surface area contributed by atoms with Crippen LogP contribution in [0, 0.1) is 0 Å². The number of fused-ring (bicyclic) bond motifs is 4. The SMILES string of the molecule is COc1cc2c(cc1Nc1ncnc3[nH]c4c(c13)CC(F)(F)CC4)SC(=O)C2. The zero-order chi connectivity index (χ0) is 19.5. The summed E-state index contributed by atoms with van der Waals surface area (Å²) in [6.45, 7) is 0. The molecule has 1 aliphatic carbocycles. The van der Waals surface area contributed by atoms with Crippen LogP contribution < -0.4 is 10.1 Å². The number of aryl methyl sites for hydroxylation is 1. The van der Waals surface area contributed by atoms with Crippen molar-refractivity contribution in [2.24, 2.45) is 0 Å². The summed E-state index contributed by atoms with van der Waals surface area (Å²) in [6, 6.07) is 3.67. The molecule has 144 valence electrons. The van der Waals surface area contributed by atoms with Crippen molar-refractivity contribution < 1.29 is 18.3 Å². The van der Waals surface area contributed by atoms with E-state index in [0.29, 0.717) is 40.3 Å². The summed E-state index contributed by atoms with van der Waals surface area (Å²) in [5.41, 5.74) is 3.42. The number of hydrogen-bond donors (Lipinski definition) is 2. The molecule has 6 nitrogen and oxygen atoms in total. The highest BCUT2D eigenvalue weighted by molar-refractivity contribution is 8.14. The van der Waals surface area contributed by atoms with E-state index in [1.165, 1.54) is 18.1 Å². The number of H-pyrrole nitrogens is 1. The van der Waals surface area contributed by atoms with Crippen LogP contribution in [-0.4, -0.2) is 33.1 Å². The van der Waals surface area contributed by atoms with E-state index in [2.05, 4.69) is 20.3 Å². The summed E-state index contributed by atoms with van der Waals surface area (Å²) in [6.07, 6.45) is 1.53. The number of rotatable bonds is 3. The number of benzene rings is 1. The number of carbonyl (C=O) groups is 1. The molecule has 2 aromatic heterocycles. The van der Waals surface area contributed by atoms with E-state index in [1.807, 2.05) is 12.1 Å². The maximum Gasteiger partial charge on any atom is 0.252 e. The van der Waals surface area contributed by atoms with Gasteiger partial charge in [0.05, 0.1) is 18.2 Å². The van der Waals surface area contributed by atoms with Crippen molar-refractivity contribution in [2.75, 3.05) is 12.4 Å². The molecule has 0 fully saturated rings. The molecule has 1 aromatic carbocycles. The molecule has 1 aliphatic heterocycles. The highest BCUT2D eigenvalue weighted by Gasteiger charge is 2.37. The molecule has 28 heavy (non-hydrogen) atoms. The molecule has 0 saturated carbocycles. The number of hydrogen-bond acceptors (Lipinski definition) is 6. The summed E-state index contributed by atoms with van der Waals surface area (Å²) in [4.78, 5) is 24.3. The number of aromatic amines is 1. The lowest BCUT2D eigenvalue weighted by Crippen LogP contribution is -2.25. The van der Waals surface area contributed by atoms with Crippen molar-refractivity contribution in [3.63, 3.8) is 0 Å². The average molecular weight is 402 g/mol. The number of halogens is 2. The van der Waals surface area contributed by atoms with Gasteiger partial charge >= 0.3 is 0 Å². The van der Waals surface area contributed by atoms with Crippen molar-refractivity contribution in [3.05, 3.63) is 35.3 Å². The van der Waals surface area contributed by atoms with Crippen LogP contribution in [-0.2, 0) is 24.1 Å². The standard InChI is InChI=1S/C19H16F2N4O2S/c1-27-13-4-9-5-15(26)28-14(9)6-12(13)25-18-16-10-7-19(20,21)3-2-11(10)24-17(16)22-8-23-18/h4,6,8H,2-3,5,7H2,1H3,(H2,22,23,24,25). The third kappa shape index (κ3) is 2.81. The Morgan fingerprint density at radius 2 is 2.18 bits per heavy atom. The third-order valence-corrected chi connectivity index (χ3v) is 6.13. The quantitative estimate of drug-likeness (QED) is 0.689. The van der Waals surface area contributed by atoms with Crippen LogP contribution in [0.3, 0.4) is 0 Å². The van der Waals surface area contributed by atoms with E-state index in [-0.39, 0.29) is 24.4 Å². The first-order chi connectivity index (χ1) is 13.4. The lowest BCUT2D eigenvalue weighted by atomic mass is 9.93. The van der Waals surface area contributed by atoms with Crippen LogP contribution in [0.25, 0.3) is 11.0 Å². The summed E-state index contributed by atoms with van der Waals surface area (Å²) >= 11 is 1.19. The highest BCUT2D eigenvalue weighted by atomic mass is 32.2. The summed E-state index contributed by atoms with van der Waals surface area (Å²) in [5.74, 6) is -1.74. The van der Waals surface area contributed by atoms with Crippen LogP contribution in [0.1, 0.15) is 23.2 Å². The molecule has 0 amide bonds. The predicted molar refractivity (Wildman–Crippen MR) is 102 cm³/mol. The number of ether oxygens (including phenoxy) is 1. The second-order valence-corrected chi connectivity index (χ2v) is 8.10. The molecule has 3 heterocycles. The molecule has 3 aromatic rings. The van der Waals surface area contributed by atoms with Gasteiger partial charge < -0.3 is 15.0 Å². The molecular weight excluding hydrogens is 386 g/mol. The van der Waals surface area contributed by atoms with Gasteiger partial charge in [0.2, 0.25) is 0 Å². The van der Waals surface area contributed by atoms with Crippen LogP contribution >= 0.6 is 11.8 Å². The van der Waals surface area contributed by atoms with Gasteiger partial charge in [-0.3, -0.25) is 4.79 Å². The van der Waals surface area contributed by atoms with Gasteiger partial charge in [-0.2, -0.15) is 0 Å². The Balaban J connectivity index is 1.61. The monoisotopic (exact) mass is 402 g/mol. The minimum absolute atomic E-state index is 0.0839. The minimum atomic E-state index is -2.74. The Hall–Kier alpha value is -2.68. The Morgan fingerprint density at radius 3 is 3.00 bits per heavy atom. The first-order valence-electron chi connectivity index (χ1n) is 8.84. The summed E-state index contributed by atoms with van der Waals surface area (Å²) in [7, 11) is 1.55. The first kappa shape index (κ1) is 17.4. The van der Waals surface area contributed by atoms with Crippen molar-refractivity contribution in [3.8, 4) is 5.75 Å². The summed E-state index contributed by atoms with van der Waals surface area (Å²) < 4.78 is 33.5. The second-order valence-electron chi connectivity index (χ2n) is 7.00. The van der Waals surface area contributed by atoms with E-state index in [4.69, 9.17) is 4.74 Å². The van der Waals surface area contributed by atoms with Crippen LogP contribution in [0.5, 0.6) is 5.75 Å². The van der Waals surface area contributed by atoms with Crippen LogP contribution in [0.15, 0.2) is 23.4 Å². The van der Waals surface area contributed by atoms with E-state index in [1.54, 1.807) is 7.11 Å². The fraction of sp³-hybridized carbons (Fsp3) is 0.316. The van der Waals surface area contributed by atoms with Gasteiger partial charge in [0, 0.05) is 29.9 Å². The van der Waals surface area contributed by atoms with Crippen LogP contribution in [0.2, 0.25) is 0 Å². The largest absolute Gasteiger partial charge is 0.495 e. The fourth-order valence-electron chi connectivity index (χ4n) is 3.84. The van der Waals surface area contributed by atoms with Crippen molar-refractivity contribution in [1.82, 2.24) is 15.0 Å². The Morgan fingerprint density at radius 1 is 1.32 bits per heavy atom. The number of nitrogens with one attached hydrogen (secondary N) is 2. The lowest BCUT2D eigenvalue weighted by molar-refractivity contribution is -0.110. The van der Waals surface area contributed by atoms with Gasteiger partial charge in [0.25, 0.3) is 5.92 Å². The third-order valence-electron chi connectivity index (χ3n) is 5.15. The van der Waals surface area contributed by atoms with Crippen molar-refractivity contribution in [1.29, 1.82) is 0 Å². The number of nitrogens with zero attached hydrogens (tertiary/aromatic N) is 2. The smallest absolute Gasteiger partial charge is 0.252 e. The highest BCUT2D eigenvalue weighted by Crippen LogP contribution is 2.42. The Bertz CT molecular complexity index is 1130. The number of methoxy groups -OCH3 is 1. The van der Waals surface area contributed by atoms with Gasteiger partial charge in [0.15, 0.2) is 5.12 Å². The van der Waals surface area contributed by atoms with Crippen LogP contribution in [0.4, 0.5) is 20.3 Å². The molecule has 0 spiro atoms. The average Bonchev–Trinajstić information content (AvgIpc) is 3.19. The molecule has 2 aliphatic rings. The van der Waals surface area contributed by atoms with Gasteiger partial charge in [0.1, 0.15) is 23.5 Å². The molecule has 5 rings (SSSR count). The Labute approximate surface area is 163 Å². The molecule has 0 bridgehead atoms. The number of alkyl halides is 2. The topological polar surface area (TPSA) is 79.9 Å². The summed E-state index contributed by atoms with van der Waals surface area (Å²) in [5, 5.41) is 3.87. The van der Waals surface area contributed by atoms with Gasteiger partial charge in [-0.1, -0.05) is 11.8 Å². The maximum absolute atomic E-state index is 14.0. The predicted octanol–water partition coefficient (Wildman–Crippen LogP) is 4.01. The molecule has 9 heteroatoms. The lowest BCUT2D eigenvalue weighted by Gasteiger charge is -2.22. The number of carbonyl (C=O) groups excluding carboxylic acids is 1. The van der Waals surface area contributed by atoms with Gasteiger partial charge in [-0.05, 0) is 29.7 Å². The van der Waals surface area contributed by atoms with E-state index < -0.39 is 5.92 Å². The van der Waals surface area contributed by atoms with E-state index in [9.17, 15) is 13.6 Å². The molecule has 0 saturated heterocycles. The Kier molecular flexibility index (Phi) is 3.84. The van der Waals surface area contributed by atoms with Crippen molar-refractivity contribution in [2.45, 2.75) is 36.5 Å². The number of thioether (sulfide) groups is 1. The first-order valence-corrected chi connectivity index (χ1v) is 9.66. The van der Waals surface area contributed by atoms with Gasteiger partial charge in [-0.25, -0.2) is 18.7 Å². The van der Waals surface area contributed by atoms with Crippen molar-refractivity contribution >= 4 is 39.4 Å². The van der Waals surface area contributed by atoms with Gasteiger partial charge in [-0.15, -0.1) is 0 Å². The fourth-order valence-corrected chi connectivity index (χ4v) is 4.75. The minimum Gasteiger partial charge on any atom is -0.495 e. The molecule has 0 unspecified atom stereocenters. The maximum atomic E-state index is 14.0. The molecular formula is C19H16F2N4O2S. The normalized spacial score (nSPS) is 17.5. The molecule has 0 atom stereocenters. The zero-order valence-electron chi connectivity index (χ0n) is 14.9. The van der Waals surface area contributed by atoms with E-state index in [0.717, 1.165) is 16.2 Å². The zero-order valence-corrected chi connectivity index (χ0v) is 15.8.